The molecular weight excluding hydrogens is 390 g/mol. The predicted octanol–water partition coefficient (Wildman–Crippen LogP) is 3.78. The fourth-order valence-corrected chi connectivity index (χ4v) is 4.66. The summed E-state index contributed by atoms with van der Waals surface area (Å²) in [6.45, 7) is 1.94. The van der Waals surface area contributed by atoms with Crippen LogP contribution in [0.3, 0.4) is 0 Å². The van der Waals surface area contributed by atoms with E-state index in [2.05, 4.69) is 17.4 Å². The molecule has 0 aromatic heterocycles. The molecule has 1 N–H and O–H groups in total. The highest BCUT2D eigenvalue weighted by atomic mass is 32.2. The van der Waals surface area contributed by atoms with Gasteiger partial charge in [-0.15, -0.1) is 11.8 Å². The lowest BCUT2D eigenvalue weighted by Gasteiger charge is -2.36. The van der Waals surface area contributed by atoms with Crippen LogP contribution in [-0.4, -0.2) is 51.7 Å². The van der Waals surface area contributed by atoms with Crippen LogP contribution in [0.5, 0.6) is 17.2 Å². The van der Waals surface area contributed by atoms with Crippen molar-refractivity contribution in [2.45, 2.75) is 22.5 Å². The summed E-state index contributed by atoms with van der Waals surface area (Å²) in [4.78, 5) is 14.1. The smallest absolute Gasteiger partial charge is 0.251 e. The van der Waals surface area contributed by atoms with Crippen LogP contribution in [0.2, 0.25) is 0 Å². The summed E-state index contributed by atoms with van der Waals surface area (Å²) in [6.07, 6.45) is 1.75. The van der Waals surface area contributed by atoms with Crippen LogP contribution in [0.1, 0.15) is 23.2 Å². The van der Waals surface area contributed by atoms with Gasteiger partial charge in [-0.2, -0.15) is 0 Å². The molecule has 29 heavy (non-hydrogen) atoms. The Hall–Kier alpha value is -2.38. The Bertz CT molecular complexity index is 796. The maximum absolute atomic E-state index is 12.9. The molecule has 1 saturated heterocycles. The van der Waals surface area contributed by atoms with E-state index in [1.165, 1.54) is 26.2 Å². The topological polar surface area (TPSA) is 66.0 Å². The van der Waals surface area contributed by atoms with Gasteiger partial charge in [-0.1, -0.05) is 18.2 Å². The molecule has 1 fully saturated rings. The van der Waals surface area contributed by atoms with Crippen LogP contribution < -0.4 is 19.5 Å². The molecule has 2 aromatic rings. The molecule has 0 aliphatic carbocycles. The van der Waals surface area contributed by atoms with Gasteiger partial charge in [0.1, 0.15) is 0 Å². The van der Waals surface area contributed by atoms with E-state index >= 15 is 0 Å². The number of benzene rings is 2. The number of hydrogen-bond donors (Lipinski definition) is 1. The van der Waals surface area contributed by atoms with Crippen LogP contribution in [0.4, 0.5) is 0 Å². The van der Waals surface area contributed by atoms with Gasteiger partial charge < -0.3 is 24.3 Å². The molecule has 1 heterocycles. The van der Waals surface area contributed by atoms with Crippen molar-refractivity contribution < 1.29 is 23.7 Å². The summed E-state index contributed by atoms with van der Waals surface area (Å²) < 4.78 is 21.5. The van der Waals surface area contributed by atoms with Crippen LogP contribution >= 0.6 is 11.8 Å². The fourth-order valence-electron chi connectivity index (χ4n) is 3.35. The van der Waals surface area contributed by atoms with E-state index in [4.69, 9.17) is 18.9 Å². The molecule has 2 aromatic carbocycles. The molecule has 0 saturated carbocycles. The quantitative estimate of drug-likeness (QED) is 0.705. The third kappa shape index (κ3) is 5.16. The van der Waals surface area contributed by atoms with E-state index in [0.717, 1.165) is 12.8 Å². The minimum atomic E-state index is -0.177. The first kappa shape index (κ1) is 21.3. The minimum Gasteiger partial charge on any atom is -0.493 e. The van der Waals surface area contributed by atoms with Crippen LogP contribution in [-0.2, 0) is 4.74 Å². The number of rotatable bonds is 8. The van der Waals surface area contributed by atoms with Crippen molar-refractivity contribution in [3.05, 3.63) is 48.0 Å². The second-order valence-corrected chi connectivity index (χ2v) is 8.35. The van der Waals surface area contributed by atoms with E-state index in [1.807, 2.05) is 18.2 Å². The fraction of sp³-hybridized carbons (Fsp3) is 0.409. The highest BCUT2D eigenvalue weighted by Crippen LogP contribution is 2.41. The molecule has 0 radical (unpaired) electrons. The van der Waals surface area contributed by atoms with Gasteiger partial charge in [-0.25, -0.2) is 0 Å². The SMILES string of the molecule is COc1cc(C(=O)NCC2(Sc3ccccc3)CCOCC2)cc(OC)c1OC. The van der Waals surface area contributed by atoms with Crippen molar-refractivity contribution in [2.75, 3.05) is 41.1 Å². The Kier molecular flexibility index (Phi) is 7.28. The Labute approximate surface area is 175 Å². The van der Waals surface area contributed by atoms with Crippen LogP contribution in [0.15, 0.2) is 47.4 Å². The zero-order valence-corrected chi connectivity index (χ0v) is 17.8. The van der Waals surface area contributed by atoms with E-state index in [0.29, 0.717) is 42.6 Å². The van der Waals surface area contributed by atoms with Gasteiger partial charge in [-0.3, -0.25) is 4.79 Å². The lowest BCUT2D eigenvalue weighted by atomic mass is 9.98. The number of amides is 1. The second-order valence-electron chi connectivity index (χ2n) is 6.81. The number of carbonyl (C=O) groups excluding carboxylic acids is 1. The zero-order valence-electron chi connectivity index (χ0n) is 17.0. The lowest BCUT2D eigenvalue weighted by molar-refractivity contribution is 0.0741. The highest BCUT2D eigenvalue weighted by molar-refractivity contribution is 8.00. The van der Waals surface area contributed by atoms with E-state index in [1.54, 1.807) is 23.9 Å². The van der Waals surface area contributed by atoms with Crippen molar-refractivity contribution in [1.82, 2.24) is 5.32 Å². The number of ether oxygens (including phenoxy) is 4. The van der Waals surface area contributed by atoms with Crippen LogP contribution in [0.25, 0.3) is 0 Å². The summed E-state index contributed by atoms with van der Waals surface area (Å²) in [5.41, 5.74) is 0.464. The molecule has 0 unspecified atom stereocenters. The lowest BCUT2D eigenvalue weighted by Crippen LogP contribution is -2.44. The van der Waals surface area contributed by atoms with Crippen molar-refractivity contribution in [1.29, 1.82) is 0 Å². The standard InChI is InChI=1S/C22H27NO5S/c1-25-18-13-16(14-19(26-2)20(18)27-3)21(24)23-15-22(9-11-28-12-10-22)29-17-7-5-4-6-8-17/h4-8,13-14H,9-12,15H2,1-3H3,(H,23,24). The Balaban J connectivity index is 1.76. The van der Waals surface area contributed by atoms with Crippen molar-refractivity contribution >= 4 is 17.7 Å². The number of nitrogens with one attached hydrogen (secondary N) is 1. The Morgan fingerprint density at radius 3 is 2.21 bits per heavy atom. The average molecular weight is 418 g/mol. The minimum absolute atomic E-state index is 0.101. The summed E-state index contributed by atoms with van der Waals surface area (Å²) in [5.74, 6) is 1.20. The van der Waals surface area contributed by atoms with E-state index in [-0.39, 0.29) is 10.7 Å². The van der Waals surface area contributed by atoms with Gasteiger partial charge in [0.2, 0.25) is 5.75 Å². The third-order valence-corrected chi connectivity index (χ3v) is 6.47. The Morgan fingerprint density at radius 2 is 1.66 bits per heavy atom. The van der Waals surface area contributed by atoms with Crippen molar-refractivity contribution in [2.24, 2.45) is 0 Å². The second kappa shape index (κ2) is 9.89. The van der Waals surface area contributed by atoms with Gasteiger partial charge in [0.05, 0.1) is 21.3 Å². The zero-order chi connectivity index (χ0) is 20.7. The van der Waals surface area contributed by atoms with Gasteiger partial charge in [0.25, 0.3) is 5.91 Å². The molecule has 0 atom stereocenters. The molecule has 7 heteroatoms. The predicted molar refractivity (Wildman–Crippen MR) is 114 cm³/mol. The maximum atomic E-state index is 12.9. The highest BCUT2D eigenvalue weighted by Gasteiger charge is 2.34. The van der Waals surface area contributed by atoms with Crippen LogP contribution in [0, 0.1) is 0 Å². The molecule has 3 rings (SSSR count). The normalized spacial score (nSPS) is 15.4. The first-order valence-corrected chi connectivity index (χ1v) is 10.3. The van der Waals surface area contributed by atoms with Gasteiger partial charge in [-0.05, 0) is 37.1 Å². The van der Waals surface area contributed by atoms with Crippen molar-refractivity contribution in [3.63, 3.8) is 0 Å². The molecule has 0 bridgehead atoms. The molecule has 1 aliphatic rings. The third-order valence-electron chi connectivity index (χ3n) is 4.98. The summed E-state index contributed by atoms with van der Waals surface area (Å²) in [5, 5.41) is 3.10. The molecule has 0 spiro atoms. The van der Waals surface area contributed by atoms with Gasteiger partial charge in [0.15, 0.2) is 11.5 Å². The number of hydrogen-bond acceptors (Lipinski definition) is 6. The molecule has 6 nitrogen and oxygen atoms in total. The number of methoxy groups -OCH3 is 3. The monoisotopic (exact) mass is 417 g/mol. The van der Waals surface area contributed by atoms with E-state index < -0.39 is 0 Å². The van der Waals surface area contributed by atoms with Gasteiger partial charge in [0, 0.05) is 35.0 Å². The molecular formula is C22H27NO5S. The number of thioether (sulfide) groups is 1. The van der Waals surface area contributed by atoms with Crippen molar-refractivity contribution in [3.8, 4) is 17.2 Å². The summed E-state index contributed by atoms with van der Waals surface area (Å²) in [6, 6.07) is 13.6. The number of carbonyl (C=O) groups is 1. The maximum Gasteiger partial charge on any atom is 0.251 e. The van der Waals surface area contributed by atoms with E-state index in [9.17, 15) is 4.79 Å². The summed E-state index contributed by atoms with van der Waals surface area (Å²) >= 11 is 1.81. The molecule has 1 aliphatic heterocycles. The largest absolute Gasteiger partial charge is 0.493 e. The first-order valence-electron chi connectivity index (χ1n) is 9.51. The Morgan fingerprint density at radius 1 is 1.03 bits per heavy atom. The van der Waals surface area contributed by atoms with Gasteiger partial charge >= 0.3 is 0 Å². The average Bonchev–Trinajstić information content (AvgIpc) is 2.77. The molecule has 156 valence electrons. The molecule has 1 amide bonds. The summed E-state index contributed by atoms with van der Waals surface area (Å²) in [7, 11) is 4.61. The first-order chi connectivity index (χ1) is 14.1.